The van der Waals surface area contributed by atoms with E-state index in [1.807, 2.05) is 26.1 Å². The van der Waals surface area contributed by atoms with Gasteiger partial charge in [0.05, 0.1) is 0 Å². The SMILES string of the molecule is CCCc1nc(NC)c(C)c(Nc2cccc(I)c2)n1. The van der Waals surface area contributed by atoms with Gasteiger partial charge in [-0.15, -0.1) is 0 Å². The Labute approximate surface area is 133 Å². The Balaban J connectivity index is 2.36. The number of halogens is 1. The lowest BCUT2D eigenvalue weighted by Crippen LogP contribution is -2.07. The minimum atomic E-state index is 0.870. The van der Waals surface area contributed by atoms with Crippen molar-refractivity contribution in [3.8, 4) is 0 Å². The average Bonchev–Trinajstić information content (AvgIpc) is 2.42. The number of nitrogens with one attached hydrogen (secondary N) is 2. The zero-order valence-corrected chi connectivity index (χ0v) is 14.2. The first kappa shape index (κ1) is 15.0. The lowest BCUT2D eigenvalue weighted by Gasteiger charge is -2.13. The second-order valence-electron chi connectivity index (χ2n) is 4.60. The van der Waals surface area contributed by atoms with E-state index in [4.69, 9.17) is 0 Å². The molecule has 20 heavy (non-hydrogen) atoms. The van der Waals surface area contributed by atoms with Gasteiger partial charge >= 0.3 is 0 Å². The molecule has 0 spiro atoms. The van der Waals surface area contributed by atoms with Crippen LogP contribution in [0.25, 0.3) is 0 Å². The lowest BCUT2D eigenvalue weighted by molar-refractivity contribution is 0.835. The van der Waals surface area contributed by atoms with E-state index in [9.17, 15) is 0 Å². The number of rotatable bonds is 5. The van der Waals surface area contributed by atoms with Crippen molar-refractivity contribution in [3.05, 3.63) is 39.2 Å². The Morgan fingerprint density at radius 3 is 2.60 bits per heavy atom. The number of nitrogens with zero attached hydrogens (tertiary/aromatic N) is 2. The fraction of sp³-hybridized carbons (Fsp3) is 0.333. The molecule has 0 amide bonds. The van der Waals surface area contributed by atoms with Crippen LogP contribution in [0.3, 0.4) is 0 Å². The maximum Gasteiger partial charge on any atom is 0.139 e. The van der Waals surface area contributed by atoms with E-state index >= 15 is 0 Å². The molecule has 0 aliphatic heterocycles. The van der Waals surface area contributed by atoms with Crippen molar-refractivity contribution in [2.45, 2.75) is 26.7 Å². The fourth-order valence-electron chi connectivity index (χ4n) is 1.97. The van der Waals surface area contributed by atoms with Crippen molar-refractivity contribution >= 4 is 39.9 Å². The Kier molecular flexibility index (Phi) is 5.17. The maximum atomic E-state index is 4.63. The van der Waals surface area contributed by atoms with Gasteiger partial charge in [-0.05, 0) is 54.1 Å². The van der Waals surface area contributed by atoms with E-state index in [-0.39, 0.29) is 0 Å². The van der Waals surface area contributed by atoms with Gasteiger partial charge in [-0.2, -0.15) is 0 Å². The van der Waals surface area contributed by atoms with Crippen molar-refractivity contribution in [3.63, 3.8) is 0 Å². The molecule has 0 atom stereocenters. The van der Waals surface area contributed by atoms with E-state index in [1.54, 1.807) is 0 Å². The van der Waals surface area contributed by atoms with E-state index in [2.05, 4.69) is 62.2 Å². The predicted octanol–water partition coefficient (Wildman–Crippen LogP) is 4.13. The largest absolute Gasteiger partial charge is 0.373 e. The predicted molar refractivity (Wildman–Crippen MR) is 92.8 cm³/mol. The molecular weight excluding hydrogens is 363 g/mol. The van der Waals surface area contributed by atoms with Crippen molar-refractivity contribution in [1.29, 1.82) is 0 Å². The number of benzene rings is 1. The van der Waals surface area contributed by atoms with Crippen LogP contribution in [0.1, 0.15) is 24.7 Å². The second-order valence-corrected chi connectivity index (χ2v) is 5.84. The molecule has 0 saturated carbocycles. The third-order valence-corrected chi connectivity index (χ3v) is 3.66. The van der Waals surface area contributed by atoms with Gasteiger partial charge in [0.2, 0.25) is 0 Å². The highest BCUT2D eigenvalue weighted by Gasteiger charge is 2.10. The molecule has 1 aromatic heterocycles. The van der Waals surface area contributed by atoms with Gasteiger partial charge in [-0.25, -0.2) is 9.97 Å². The van der Waals surface area contributed by atoms with Crippen LogP contribution in [0, 0.1) is 10.5 Å². The standard InChI is InChI=1S/C15H19IN4/c1-4-6-13-19-14(17-3)10(2)15(20-13)18-12-8-5-7-11(16)9-12/h5,7-9H,4,6H2,1-3H3,(H2,17,18,19,20). The van der Waals surface area contributed by atoms with Gasteiger partial charge in [-0.3, -0.25) is 0 Å². The van der Waals surface area contributed by atoms with E-state index in [0.717, 1.165) is 41.6 Å². The minimum Gasteiger partial charge on any atom is -0.373 e. The zero-order valence-electron chi connectivity index (χ0n) is 12.0. The average molecular weight is 382 g/mol. The van der Waals surface area contributed by atoms with Gasteiger partial charge in [-0.1, -0.05) is 13.0 Å². The zero-order chi connectivity index (χ0) is 14.5. The van der Waals surface area contributed by atoms with Crippen LogP contribution in [0.15, 0.2) is 24.3 Å². The molecule has 2 rings (SSSR count). The summed E-state index contributed by atoms with van der Waals surface area (Å²) in [6, 6.07) is 8.25. The van der Waals surface area contributed by atoms with E-state index < -0.39 is 0 Å². The molecule has 0 aliphatic carbocycles. The Morgan fingerprint density at radius 2 is 1.95 bits per heavy atom. The minimum absolute atomic E-state index is 0.870. The third kappa shape index (κ3) is 3.59. The summed E-state index contributed by atoms with van der Waals surface area (Å²) < 4.78 is 1.20. The van der Waals surface area contributed by atoms with Crippen LogP contribution in [-0.2, 0) is 6.42 Å². The van der Waals surface area contributed by atoms with Crippen molar-refractivity contribution in [2.75, 3.05) is 17.7 Å². The summed E-state index contributed by atoms with van der Waals surface area (Å²) in [5.74, 6) is 2.63. The van der Waals surface area contributed by atoms with Crippen LogP contribution >= 0.6 is 22.6 Å². The molecule has 106 valence electrons. The summed E-state index contributed by atoms with van der Waals surface area (Å²) in [4.78, 5) is 9.17. The van der Waals surface area contributed by atoms with Crippen LogP contribution in [-0.4, -0.2) is 17.0 Å². The molecule has 0 unspecified atom stereocenters. The third-order valence-electron chi connectivity index (χ3n) is 2.99. The van der Waals surface area contributed by atoms with Crippen LogP contribution in [0.4, 0.5) is 17.3 Å². The molecular formula is C15H19IN4. The normalized spacial score (nSPS) is 10.4. The Hall–Kier alpha value is -1.37. The molecule has 2 aromatic rings. The highest BCUT2D eigenvalue weighted by atomic mass is 127. The maximum absolute atomic E-state index is 4.63. The summed E-state index contributed by atoms with van der Waals surface area (Å²) in [7, 11) is 1.89. The van der Waals surface area contributed by atoms with Gasteiger partial charge in [0.25, 0.3) is 0 Å². The molecule has 0 fully saturated rings. The monoisotopic (exact) mass is 382 g/mol. The molecule has 1 heterocycles. The van der Waals surface area contributed by atoms with Crippen LogP contribution in [0.5, 0.6) is 0 Å². The van der Waals surface area contributed by atoms with E-state index in [0.29, 0.717) is 0 Å². The van der Waals surface area contributed by atoms with Crippen molar-refractivity contribution in [1.82, 2.24) is 9.97 Å². The molecule has 1 aromatic carbocycles. The number of hydrogen-bond acceptors (Lipinski definition) is 4. The molecule has 0 saturated heterocycles. The summed E-state index contributed by atoms with van der Waals surface area (Å²) in [5, 5.41) is 6.53. The lowest BCUT2D eigenvalue weighted by atomic mass is 10.2. The fourth-order valence-corrected chi connectivity index (χ4v) is 2.51. The quantitative estimate of drug-likeness (QED) is 0.764. The second kappa shape index (κ2) is 6.88. The molecule has 2 N–H and O–H groups in total. The highest BCUT2D eigenvalue weighted by molar-refractivity contribution is 14.1. The number of aryl methyl sites for hydroxylation is 1. The first-order valence-corrected chi connectivity index (χ1v) is 7.79. The number of anilines is 3. The highest BCUT2D eigenvalue weighted by Crippen LogP contribution is 2.24. The first-order valence-electron chi connectivity index (χ1n) is 6.72. The van der Waals surface area contributed by atoms with Gasteiger partial charge in [0.1, 0.15) is 17.5 Å². The topological polar surface area (TPSA) is 49.8 Å². The molecule has 0 bridgehead atoms. The van der Waals surface area contributed by atoms with E-state index in [1.165, 1.54) is 3.57 Å². The smallest absolute Gasteiger partial charge is 0.139 e. The number of aromatic nitrogens is 2. The molecule has 0 radical (unpaired) electrons. The van der Waals surface area contributed by atoms with Crippen molar-refractivity contribution in [2.24, 2.45) is 0 Å². The summed E-state index contributed by atoms with van der Waals surface area (Å²) in [6.45, 7) is 4.16. The Bertz CT molecular complexity index is 598. The molecule has 0 aliphatic rings. The summed E-state index contributed by atoms with van der Waals surface area (Å²) >= 11 is 2.31. The van der Waals surface area contributed by atoms with Crippen LogP contribution < -0.4 is 10.6 Å². The summed E-state index contributed by atoms with van der Waals surface area (Å²) in [5.41, 5.74) is 2.08. The molecule has 5 heteroatoms. The first-order chi connectivity index (χ1) is 9.63. The summed E-state index contributed by atoms with van der Waals surface area (Å²) in [6.07, 6.45) is 1.92. The number of hydrogen-bond donors (Lipinski definition) is 2. The van der Waals surface area contributed by atoms with Crippen molar-refractivity contribution < 1.29 is 0 Å². The van der Waals surface area contributed by atoms with Gasteiger partial charge in [0, 0.05) is 28.3 Å². The van der Waals surface area contributed by atoms with Gasteiger partial charge < -0.3 is 10.6 Å². The Morgan fingerprint density at radius 1 is 1.20 bits per heavy atom. The van der Waals surface area contributed by atoms with Gasteiger partial charge in [0.15, 0.2) is 0 Å². The van der Waals surface area contributed by atoms with Crippen LogP contribution in [0.2, 0.25) is 0 Å². The molecule has 4 nitrogen and oxygen atoms in total.